The molecule has 0 saturated heterocycles. The van der Waals surface area contributed by atoms with Crippen LogP contribution < -0.4 is 0 Å². The first kappa shape index (κ1) is 18.7. The first-order chi connectivity index (χ1) is 14.1. The summed E-state index contributed by atoms with van der Waals surface area (Å²) in [5, 5.41) is 15.3. The van der Waals surface area contributed by atoms with Gasteiger partial charge in [-0.25, -0.2) is 9.37 Å². The van der Waals surface area contributed by atoms with E-state index in [1.54, 1.807) is 23.1 Å². The summed E-state index contributed by atoms with van der Waals surface area (Å²) in [6.07, 6.45) is 2.70. The van der Waals surface area contributed by atoms with Gasteiger partial charge in [-0.2, -0.15) is 5.10 Å². The van der Waals surface area contributed by atoms with Crippen LogP contribution in [0.2, 0.25) is 0 Å². The number of carbonyl (C=O) groups is 1. The summed E-state index contributed by atoms with van der Waals surface area (Å²) in [4.78, 5) is 18.9. The molecule has 0 fully saturated rings. The lowest BCUT2D eigenvalue weighted by Crippen LogP contribution is -2.29. The maximum Gasteiger partial charge on any atom is 0.232 e. The highest BCUT2D eigenvalue weighted by atomic mass is 19.1. The number of amides is 1. The summed E-state index contributed by atoms with van der Waals surface area (Å²) in [6, 6.07) is 15.9. The van der Waals surface area contributed by atoms with Crippen molar-refractivity contribution in [1.29, 1.82) is 5.41 Å². The van der Waals surface area contributed by atoms with Crippen molar-refractivity contribution in [1.82, 2.24) is 20.1 Å². The van der Waals surface area contributed by atoms with Gasteiger partial charge in [-0.05, 0) is 18.1 Å². The van der Waals surface area contributed by atoms with Gasteiger partial charge in [0.25, 0.3) is 0 Å². The standard InChI is InChI=1S/C22H20FN5O/c23-18-10-5-4-9-16(18)13-17(24)14-20(29)28-12-6-11-19(28)22-25-21(26-27-22)15-7-2-1-3-8-15/h1-5,7-11,24H,6,12-14H2,(H,25,26,27). The Morgan fingerprint density at radius 3 is 2.69 bits per heavy atom. The van der Waals surface area contributed by atoms with E-state index in [9.17, 15) is 9.18 Å². The van der Waals surface area contributed by atoms with Gasteiger partial charge in [0.15, 0.2) is 11.6 Å². The predicted molar refractivity (Wildman–Crippen MR) is 109 cm³/mol. The van der Waals surface area contributed by atoms with Gasteiger partial charge < -0.3 is 10.3 Å². The zero-order valence-corrected chi connectivity index (χ0v) is 15.7. The molecule has 2 N–H and O–H groups in total. The van der Waals surface area contributed by atoms with E-state index >= 15 is 0 Å². The van der Waals surface area contributed by atoms with Crippen LogP contribution in [0.4, 0.5) is 4.39 Å². The first-order valence-corrected chi connectivity index (χ1v) is 9.40. The highest BCUT2D eigenvalue weighted by Crippen LogP contribution is 2.25. The van der Waals surface area contributed by atoms with Gasteiger partial charge in [-0.15, -0.1) is 0 Å². The number of hydrogen-bond acceptors (Lipinski definition) is 4. The SMILES string of the molecule is N=C(CC(=O)N1CCC=C1c1nc(-c2ccccc2)n[nH]1)Cc1ccccc1F. The zero-order valence-electron chi connectivity index (χ0n) is 15.7. The maximum absolute atomic E-state index is 13.8. The Morgan fingerprint density at radius 2 is 1.90 bits per heavy atom. The molecule has 4 rings (SSSR count). The first-order valence-electron chi connectivity index (χ1n) is 9.40. The molecule has 146 valence electrons. The second-order valence-corrected chi connectivity index (χ2v) is 6.85. The Hall–Kier alpha value is -3.61. The van der Waals surface area contributed by atoms with Gasteiger partial charge in [0, 0.05) is 24.2 Å². The fourth-order valence-electron chi connectivity index (χ4n) is 3.35. The maximum atomic E-state index is 13.8. The average molecular weight is 389 g/mol. The van der Waals surface area contributed by atoms with Crippen molar-refractivity contribution in [2.45, 2.75) is 19.3 Å². The Bertz CT molecular complexity index is 1070. The molecule has 3 aromatic rings. The van der Waals surface area contributed by atoms with Crippen LogP contribution >= 0.6 is 0 Å². The van der Waals surface area contributed by atoms with Gasteiger partial charge in [0.05, 0.1) is 12.1 Å². The van der Waals surface area contributed by atoms with E-state index in [4.69, 9.17) is 5.41 Å². The molecule has 2 aromatic carbocycles. The Morgan fingerprint density at radius 1 is 1.14 bits per heavy atom. The van der Waals surface area contributed by atoms with Crippen molar-refractivity contribution in [3.05, 3.63) is 77.9 Å². The third-order valence-corrected chi connectivity index (χ3v) is 4.77. The van der Waals surface area contributed by atoms with E-state index in [0.29, 0.717) is 35.9 Å². The summed E-state index contributed by atoms with van der Waals surface area (Å²) in [7, 11) is 0. The molecule has 0 saturated carbocycles. The van der Waals surface area contributed by atoms with Crippen molar-refractivity contribution < 1.29 is 9.18 Å². The molecule has 1 aliphatic rings. The van der Waals surface area contributed by atoms with Crippen molar-refractivity contribution in [2.24, 2.45) is 0 Å². The minimum Gasteiger partial charge on any atom is -0.309 e. The monoisotopic (exact) mass is 389 g/mol. The molecule has 1 aromatic heterocycles. The van der Waals surface area contributed by atoms with E-state index in [1.165, 1.54) is 6.07 Å². The van der Waals surface area contributed by atoms with Crippen LogP contribution in [0.15, 0.2) is 60.7 Å². The van der Waals surface area contributed by atoms with E-state index in [0.717, 1.165) is 5.56 Å². The fourth-order valence-corrected chi connectivity index (χ4v) is 3.35. The molecular weight excluding hydrogens is 369 g/mol. The summed E-state index contributed by atoms with van der Waals surface area (Å²) in [5.41, 5.74) is 2.15. The van der Waals surface area contributed by atoms with Gasteiger partial charge in [0.2, 0.25) is 5.91 Å². The largest absolute Gasteiger partial charge is 0.309 e. The average Bonchev–Trinajstić information content (AvgIpc) is 3.40. The van der Waals surface area contributed by atoms with Gasteiger partial charge in [-0.1, -0.05) is 54.6 Å². The number of hydrogen-bond donors (Lipinski definition) is 2. The van der Waals surface area contributed by atoms with Crippen LogP contribution in [0.3, 0.4) is 0 Å². The number of benzene rings is 2. The molecule has 0 radical (unpaired) electrons. The van der Waals surface area contributed by atoms with Crippen molar-refractivity contribution >= 4 is 17.3 Å². The molecule has 7 heteroatoms. The highest BCUT2D eigenvalue weighted by molar-refractivity contribution is 6.03. The van der Waals surface area contributed by atoms with E-state index < -0.39 is 0 Å². The number of nitrogens with zero attached hydrogens (tertiary/aromatic N) is 3. The normalized spacial score (nSPS) is 13.4. The third kappa shape index (κ3) is 4.13. The zero-order chi connectivity index (χ0) is 20.2. The summed E-state index contributed by atoms with van der Waals surface area (Å²) >= 11 is 0. The van der Waals surface area contributed by atoms with Crippen LogP contribution in [0, 0.1) is 11.2 Å². The Kier molecular flexibility index (Phi) is 5.29. The second-order valence-electron chi connectivity index (χ2n) is 6.85. The minimum atomic E-state index is -0.360. The van der Waals surface area contributed by atoms with Crippen LogP contribution in [-0.4, -0.2) is 38.2 Å². The lowest BCUT2D eigenvalue weighted by Gasteiger charge is -2.19. The molecule has 6 nitrogen and oxygen atoms in total. The Labute approximate surface area is 167 Å². The number of nitrogens with one attached hydrogen (secondary N) is 2. The molecule has 0 bridgehead atoms. The highest BCUT2D eigenvalue weighted by Gasteiger charge is 2.26. The predicted octanol–water partition coefficient (Wildman–Crippen LogP) is 3.84. The number of carbonyl (C=O) groups excluding carboxylic acids is 1. The van der Waals surface area contributed by atoms with E-state index in [1.807, 2.05) is 36.4 Å². The number of halogens is 1. The number of H-pyrrole nitrogens is 1. The lowest BCUT2D eigenvalue weighted by molar-refractivity contribution is -0.126. The van der Waals surface area contributed by atoms with Gasteiger partial charge >= 0.3 is 0 Å². The molecule has 0 atom stereocenters. The van der Waals surface area contributed by atoms with E-state index in [-0.39, 0.29) is 30.3 Å². The van der Waals surface area contributed by atoms with Crippen LogP contribution in [0.1, 0.15) is 24.2 Å². The van der Waals surface area contributed by atoms with Gasteiger partial charge in [0.1, 0.15) is 5.82 Å². The van der Waals surface area contributed by atoms with Gasteiger partial charge in [-0.3, -0.25) is 9.89 Å². The summed E-state index contributed by atoms with van der Waals surface area (Å²) < 4.78 is 13.8. The topological polar surface area (TPSA) is 85.7 Å². The van der Waals surface area contributed by atoms with Crippen LogP contribution in [0.25, 0.3) is 17.1 Å². The molecule has 1 aliphatic heterocycles. The molecule has 1 amide bonds. The van der Waals surface area contributed by atoms with Crippen molar-refractivity contribution in [2.75, 3.05) is 6.54 Å². The van der Waals surface area contributed by atoms with Crippen LogP contribution in [-0.2, 0) is 11.2 Å². The molecule has 0 spiro atoms. The number of rotatable bonds is 6. The molecule has 0 aliphatic carbocycles. The fraction of sp³-hybridized carbons (Fsp3) is 0.182. The third-order valence-electron chi connectivity index (χ3n) is 4.77. The number of aromatic amines is 1. The second kappa shape index (κ2) is 8.18. The summed E-state index contributed by atoms with van der Waals surface area (Å²) in [6.45, 7) is 0.530. The quantitative estimate of drug-likeness (QED) is 0.628. The number of aromatic nitrogens is 3. The summed E-state index contributed by atoms with van der Waals surface area (Å²) in [5.74, 6) is 0.526. The molecule has 29 heavy (non-hydrogen) atoms. The lowest BCUT2D eigenvalue weighted by atomic mass is 10.1. The minimum absolute atomic E-state index is 0.0641. The molecule has 2 heterocycles. The Balaban J connectivity index is 1.44. The molecular formula is C22H20FN5O. The smallest absolute Gasteiger partial charge is 0.232 e. The van der Waals surface area contributed by atoms with Crippen molar-refractivity contribution in [3.8, 4) is 11.4 Å². The molecule has 0 unspecified atom stereocenters. The van der Waals surface area contributed by atoms with Crippen LogP contribution in [0.5, 0.6) is 0 Å². The van der Waals surface area contributed by atoms with Crippen molar-refractivity contribution in [3.63, 3.8) is 0 Å². The van der Waals surface area contributed by atoms with E-state index in [2.05, 4.69) is 15.2 Å².